The average molecular weight is 340 g/mol. The van der Waals surface area contributed by atoms with Gasteiger partial charge in [0.1, 0.15) is 5.69 Å². The van der Waals surface area contributed by atoms with Gasteiger partial charge in [0.2, 0.25) is 0 Å². The topological polar surface area (TPSA) is 72.3 Å². The summed E-state index contributed by atoms with van der Waals surface area (Å²) < 4.78 is 4.89. The maximum Gasteiger partial charge on any atom is 0.356 e. The highest BCUT2D eigenvalue weighted by Crippen LogP contribution is 2.22. The second-order valence-electron chi connectivity index (χ2n) is 6.37. The van der Waals surface area contributed by atoms with Crippen molar-refractivity contribution in [1.82, 2.24) is 9.97 Å². The molecule has 2 aliphatic rings. The highest BCUT2D eigenvalue weighted by molar-refractivity contribution is 5.87. The van der Waals surface area contributed by atoms with Crippen molar-refractivity contribution in [1.29, 1.82) is 0 Å². The summed E-state index contributed by atoms with van der Waals surface area (Å²) >= 11 is 0. The molecule has 0 amide bonds. The Bertz CT molecular complexity index is 759. The maximum atomic E-state index is 11.4. The molecule has 2 aromatic rings. The lowest BCUT2D eigenvalue weighted by atomic mass is 10.1. The van der Waals surface area contributed by atoms with Crippen LogP contribution in [0.3, 0.4) is 0 Å². The Morgan fingerprint density at radius 3 is 2.24 bits per heavy atom. The number of ether oxygens (including phenoxy) is 1. The van der Waals surface area contributed by atoms with Gasteiger partial charge in [-0.15, -0.1) is 0 Å². The van der Waals surface area contributed by atoms with Gasteiger partial charge < -0.3 is 9.84 Å². The summed E-state index contributed by atoms with van der Waals surface area (Å²) in [5, 5.41) is 8.81. The van der Waals surface area contributed by atoms with E-state index in [1.165, 1.54) is 35.1 Å². The minimum atomic E-state index is -0.317. The van der Waals surface area contributed by atoms with Gasteiger partial charge in [-0.2, -0.15) is 0 Å². The van der Waals surface area contributed by atoms with Gasteiger partial charge in [-0.3, -0.25) is 4.98 Å². The zero-order valence-corrected chi connectivity index (χ0v) is 14.6. The highest BCUT2D eigenvalue weighted by Gasteiger charge is 2.15. The smallest absolute Gasteiger partial charge is 0.356 e. The Labute approximate surface area is 148 Å². The molecule has 25 heavy (non-hydrogen) atoms. The Morgan fingerprint density at radius 2 is 1.60 bits per heavy atom. The summed E-state index contributed by atoms with van der Waals surface area (Å²) in [6.45, 7) is 2.26. The van der Waals surface area contributed by atoms with E-state index in [-0.39, 0.29) is 12.6 Å². The lowest BCUT2D eigenvalue weighted by Gasteiger charge is -2.03. The van der Waals surface area contributed by atoms with Gasteiger partial charge in [0.15, 0.2) is 0 Å². The molecule has 132 valence electrons. The molecule has 0 saturated heterocycles. The first-order chi connectivity index (χ1) is 12.2. The van der Waals surface area contributed by atoms with Crippen LogP contribution in [-0.4, -0.2) is 27.7 Å². The second kappa shape index (κ2) is 8.21. The third-order valence-corrected chi connectivity index (χ3v) is 4.65. The highest BCUT2D eigenvalue weighted by atomic mass is 16.5. The predicted octanol–water partition coefficient (Wildman–Crippen LogP) is 2.81. The van der Waals surface area contributed by atoms with Gasteiger partial charge in [-0.1, -0.05) is 0 Å². The maximum absolute atomic E-state index is 11.4. The zero-order valence-electron chi connectivity index (χ0n) is 14.6. The normalized spacial score (nSPS) is 14.3. The van der Waals surface area contributed by atoms with Crippen LogP contribution in [0.5, 0.6) is 0 Å². The number of hydrogen-bond donors (Lipinski definition) is 1. The van der Waals surface area contributed by atoms with E-state index < -0.39 is 0 Å². The second-order valence-corrected chi connectivity index (χ2v) is 6.37. The standard InChI is InChI=1S/C11H13NO2.C9H11NO/c1-2-14-11(13)10-6-8-4-3-5-9(8)7-12-10;11-6-9-4-7-2-1-3-8(7)5-10-9/h6-7H,2-5H2,1H3;4-5,11H,1-3,6H2. The number of carbonyl (C=O) groups excluding carboxylic acids is 1. The number of pyridine rings is 2. The monoisotopic (exact) mass is 340 g/mol. The van der Waals surface area contributed by atoms with Crippen molar-refractivity contribution in [3.05, 3.63) is 58.2 Å². The molecule has 0 aliphatic heterocycles. The van der Waals surface area contributed by atoms with E-state index in [1.54, 1.807) is 13.1 Å². The fourth-order valence-electron chi connectivity index (χ4n) is 3.36. The van der Waals surface area contributed by atoms with Gasteiger partial charge in [0, 0.05) is 12.4 Å². The Kier molecular flexibility index (Phi) is 5.76. The molecule has 0 atom stereocenters. The lowest BCUT2D eigenvalue weighted by Crippen LogP contribution is -2.07. The minimum absolute atomic E-state index is 0.0628. The average Bonchev–Trinajstić information content (AvgIpc) is 3.30. The molecule has 4 rings (SSSR count). The van der Waals surface area contributed by atoms with Gasteiger partial charge in [-0.25, -0.2) is 9.78 Å². The summed E-state index contributed by atoms with van der Waals surface area (Å²) in [5.41, 5.74) is 6.51. The number of hydrogen-bond acceptors (Lipinski definition) is 5. The van der Waals surface area contributed by atoms with Crippen LogP contribution in [0, 0.1) is 0 Å². The van der Waals surface area contributed by atoms with Crippen molar-refractivity contribution in [3.8, 4) is 0 Å². The number of aliphatic hydroxyl groups excluding tert-OH is 1. The van der Waals surface area contributed by atoms with Crippen LogP contribution in [0.1, 0.15) is 58.2 Å². The minimum Gasteiger partial charge on any atom is -0.461 e. The Balaban J connectivity index is 0.000000150. The molecule has 0 saturated carbocycles. The molecule has 0 aromatic carbocycles. The third-order valence-electron chi connectivity index (χ3n) is 4.65. The number of aromatic nitrogens is 2. The summed E-state index contributed by atoms with van der Waals surface area (Å²) in [6.07, 6.45) is 10.6. The van der Waals surface area contributed by atoms with Crippen LogP contribution >= 0.6 is 0 Å². The van der Waals surface area contributed by atoms with Crippen LogP contribution in [0.15, 0.2) is 24.5 Å². The molecular formula is C20H24N2O3. The molecule has 0 unspecified atom stereocenters. The first kappa shape index (κ1) is 17.5. The summed E-state index contributed by atoms with van der Waals surface area (Å²) in [4.78, 5) is 19.6. The van der Waals surface area contributed by atoms with Crippen LogP contribution in [0.4, 0.5) is 0 Å². The van der Waals surface area contributed by atoms with E-state index in [0.29, 0.717) is 12.3 Å². The largest absolute Gasteiger partial charge is 0.461 e. The fraction of sp³-hybridized carbons (Fsp3) is 0.450. The molecule has 0 bridgehead atoms. The summed E-state index contributed by atoms with van der Waals surface area (Å²) in [5.74, 6) is -0.317. The quantitative estimate of drug-likeness (QED) is 0.870. The molecular weight excluding hydrogens is 316 g/mol. The van der Waals surface area contributed by atoms with Gasteiger partial charge in [-0.05, 0) is 79.8 Å². The van der Waals surface area contributed by atoms with Gasteiger partial charge in [0.25, 0.3) is 0 Å². The van der Waals surface area contributed by atoms with E-state index in [1.807, 2.05) is 18.3 Å². The summed E-state index contributed by atoms with van der Waals surface area (Å²) in [6, 6.07) is 3.88. The van der Waals surface area contributed by atoms with Crippen LogP contribution in [-0.2, 0) is 37.0 Å². The van der Waals surface area contributed by atoms with Crippen molar-refractivity contribution in [2.45, 2.75) is 52.1 Å². The molecule has 5 heteroatoms. The van der Waals surface area contributed by atoms with Crippen molar-refractivity contribution < 1.29 is 14.6 Å². The van der Waals surface area contributed by atoms with Gasteiger partial charge >= 0.3 is 5.97 Å². The Hall–Kier alpha value is -2.27. The number of rotatable bonds is 3. The molecule has 2 aliphatic carbocycles. The number of aliphatic hydroxyl groups is 1. The lowest BCUT2D eigenvalue weighted by molar-refractivity contribution is 0.0519. The van der Waals surface area contributed by atoms with Crippen LogP contribution < -0.4 is 0 Å². The molecule has 2 aromatic heterocycles. The van der Waals surface area contributed by atoms with Crippen molar-refractivity contribution in [2.24, 2.45) is 0 Å². The molecule has 2 heterocycles. The number of nitrogens with zero attached hydrogens (tertiary/aromatic N) is 2. The number of carbonyl (C=O) groups is 1. The first-order valence-electron chi connectivity index (χ1n) is 8.93. The molecule has 5 nitrogen and oxygen atoms in total. The van der Waals surface area contributed by atoms with E-state index in [2.05, 4.69) is 9.97 Å². The van der Waals surface area contributed by atoms with E-state index >= 15 is 0 Å². The number of esters is 1. The van der Waals surface area contributed by atoms with E-state index in [0.717, 1.165) is 31.4 Å². The van der Waals surface area contributed by atoms with Crippen molar-refractivity contribution in [3.63, 3.8) is 0 Å². The molecule has 0 spiro atoms. The Morgan fingerprint density at radius 1 is 1.00 bits per heavy atom. The summed E-state index contributed by atoms with van der Waals surface area (Å²) in [7, 11) is 0. The van der Waals surface area contributed by atoms with Crippen LogP contribution in [0.25, 0.3) is 0 Å². The van der Waals surface area contributed by atoms with Crippen molar-refractivity contribution >= 4 is 5.97 Å². The van der Waals surface area contributed by atoms with E-state index in [9.17, 15) is 4.79 Å². The SMILES string of the molecule is CCOC(=O)c1cc2c(cn1)CCC2.OCc1cc2c(cn1)CCC2. The predicted molar refractivity (Wildman–Crippen MR) is 94.4 cm³/mol. The van der Waals surface area contributed by atoms with E-state index in [4.69, 9.17) is 9.84 Å². The van der Waals surface area contributed by atoms with Crippen LogP contribution in [0.2, 0.25) is 0 Å². The van der Waals surface area contributed by atoms with Gasteiger partial charge in [0.05, 0.1) is 18.9 Å². The third kappa shape index (κ3) is 4.23. The molecule has 0 radical (unpaired) electrons. The molecule has 1 N–H and O–H groups in total. The molecule has 0 fully saturated rings. The van der Waals surface area contributed by atoms with Crippen molar-refractivity contribution in [2.75, 3.05) is 6.61 Å². The number of fused-ring (bicyclic) bond motifs is 2. The fourth-order valence-corrected chi connectivity index (χ4v) is 3.36. The number of aryl methyl sites for hydroxylation is 4. The first-order valence-corrected chi connectivity index (χ1v) is 8.93. The zero-order chi connectivity index (χ0) is 17.6.